The minimum atomic E-state index is -0.368. The minimum absolute atomic E-state index is 0.227. The van der Waals surface area contributed by atoms with Crippen LogP contribution in [0.25, 0.3) is 0 Å². The number of hydrogen-bond donors (Lipinski definition) is 1. The molecule has 0 saturated heterocycles. The first-order valence-electron chi connectivity index (χ1n) is 7.05. The molecule has 0 aliphatic carbocycles. The zero-order chi connectivity index (χ0) is 15.7. The molecule has 21 heavy (non-hydrogen) atoms. The van der Waals surface area contributed by atoms with E-state index in [2.05, 4.69) is 41.4 Å². The maximum atomic E-state index is 10.4. The van der Waals surface area contributed by atoms with Gasteiger partial charge in [0, 0.05) is 34.8 Å². The van der Waals surface area contributed by atoms with Crippen molar-refractivity contribution in [2.45, 2.75) is 25.8 Å². The lowest BCUT2D eigenvalue weighted by molar-refractivity contribution is -0.463. The molecule has 0 unspecified atom stereocenters. The molecule has 0 saturated carbocycles. The van der Waals surface area contributed by atoms with Crippen LogP contribution in [0.3, 0.4) is 0 Å². The Bertz CT molecular complexity index is 471. The average Bonchev–Trinajstić information content (AvgIpc) is 2.83. The average molecular weight is 312 g/mol. The number of hydrogen-bond acceptors (Lipinski definition) is 5. The molecule has 0 amide bonds. The zero-order valence-corrected chi connectivity index (χ0v) is 13.8. The summed E-state index contributed by atoms with van der Waals surface area (Å²) < 4.78 is 0. The Morgan fingerprint density at radius 1 is 1.38 bits per heavy atom. The van der Waals surface area contributed by atoms with Gasteiger partial charge in [-0.15, -0.1) is 11.3 Å². The molecule has 1 heterocycles. The van der Waals surface area contributed by atoms with Crippen molar-refractivity contribution in [3.05, 3.63) is 32.0 Å². The highest BCUT2D eigenvalue weighted by atomic mass is 32.1. The van der Waals surface area contributed by atoms with E-state index in [0.29, 0.717) is 5.84 Å². The molecule has 0 aliphatic rings. The molecule has 7 heteroatoms. The Balaban J connectivity index is 2.19. The van der Waals surface area contributed by atoms with Crippen LogP contribution in [0.1, 0.15) is 22.6 Å². The number of nitrogens with zero attached hydrogens (tertiary/aromatic N) is 3. The summed E-state index contributed by atoms with van der Waals surface area (Å²) in [7, 11) is 5.72. The third-order valence-electron chi connectivity index (χ3n) is 2.92. The Kier molecular flexibility index (Phi) is 7.92. The number of thiophene rings is 1. The van der Waals surface area contributed by atoms with Gasteiger partial charge in [-0.05, 0) is 45.5 Å². The maximum Gasteiger partial charge on any atom is 0.259 e. The minimum Gasteiger partial charge on any atom is -0.368 e. The highest BCUT2D eigenvalue weighted by molar-refractivity contribution is 7.11. The van der Waals surface area contributed by atoms with Crippen molar-refractivity contribution in [3.63, 3.8) is 0 Å². The fourth-order valence-corrected chi connectivity index (χ4v) is 3.12. The Morgan fingerprint density at radius 2 is 2.10 bits per heavy atom. The largest absolute Gasteiger partial charge is 0.368 e. The van der Waals surface area contributed by atoms with Crippen molar-refractivity contribution in [3.8, 4) is 0 Å². The van der Waals surface area contributed by atoms with Crippen LogP contribution in [0.15, 0.2) is 17.1 Å². The molecule has 1 rings (SSSR count). The van der Waals surface area contributed by atoms with Gasteiger partial charge in [0.15, 0.2) is 5.84 Å². The highest BCUT2D eigenvalue weighted by Gasteiger charge is 2.05. The molecule has 1 N–H and O–H groups in total. The molecular weight excluding hydrogens is 288 g/mol. The summed E-state index contributed by atoms with van der Waals surface area (Å²) in [5, 5.41) is 13.4. The van der Waals surface area contributed by atoms with Gasteiger partial charge in [0.25, 0.3) is 6.54 Å². The van der Waals surface area contributed by atoms with Gasteiger partial charge < -0.3 is 10.2 Å². The SMILES string of the molecule is CN=C(C[N+](=O)[O-])NCCCCc1ccc(CN(C)C)s1. The van der Waals surface area contributed by atoms with E-state index in [4.69, 9.17) is 0 Å². The lowest BCUT2D eigenvalue weighted by Crippen LogP contribution is -2.30. The van der Waals surface area contributed by atoms with E-state index in [1.165, 1.54) is 9.75 Å². The molecule has 0 fully saturated rings. The molecule has 0 radical (unpaired) electrons. The first kappa shape index (κ1) is 17.6. The van der Waals surface area contributed by atoms with Crippen molar-refractivity contribution in [1.82, 2.24) is 10.2 Å². The molecule has 1 aromatic heterocycles. The molecule has 0 atom stereocenters. The number of rotatable bonds is 9. The quantitative estimate of drug-likeness (QED) is 0.249. The summed E-state index contributed by atoms with van der Waals surface area (Å²) in [5.74, 6) is 0.449. The third kappa shape index (κ3) is 7.77. The van der Waals surface area contributed by atoms with Gasteiger partial charge in [-0.2, -0.15) is 0 Å². The van der Waals surface area contributed by atoms with Crippen molar-refractivity contribution in [2.75, 3.05) is 34.2 Å². The van der Waals surface area contributed by atoms with E-state index in [0.717, 1.165) is 32.4 Å². The first-order valence-corrected chi connectivity index (χ1v) is 7.86. The number of aliphatic imine (C=N–C) groups is 1. The topological polar surface area (TPSA) is 70.8 Å². The normalized spacial score (nSPS) is 11.9. The van der Waals surface area contributed by atoms with E-state index in [9.17, 15) is 10.1 Å². The van der Waals surface area contributed by atoms with Crippen LogP contribution in [-0.4, -0.2) is 49.9 Å². The second-order valence-corrected chi connectivity index (χ2v) is 6.40. The lowest BCUT2D eigenvalue weighted by atomic mass is 10.2. The summed E-state index contributed by atoms with van der Waals surface area (Å²) in [4.78, 5) is 18.9. The summed E-state index contributed by atoms with van der Waals surface area (Å²) in [6, 6.07) is 4.39. The van der Waals surface area contributed by atoms with Gasteiger partial charge in [0.05, 0.1) is 0 Å². The monoisotopic (exact) mass is 312 g/mol. The maximum absolute atomic E-state index is 10.4. The third-order valence-corrected chi connectivity index (χ3v) is 4.05. The van der Waals surface area contributed by atoms with Crippen molar-refractivity contribution < 1.29 is 4.92 Å². The molecule has 0 spiro atoms. The predicted molar refractivity (Wildman–Crippen MR) is 87.9 cm³/mol. The molecule has 6 nitrogen and oxygen atoms in total. The van der Waals surface area contributed by atoms with Gasteiger partial charge in [0.2, 0.25) is 0 Å². The van der Waals surface area contributed by atoms with E-state index in [-0.39, 0.29) is 11.5 Å². The van der Waals surface area contributed by atoms with Gasteiger partial charge in [-0.1, -0.05) is 0 Å². The fourth-order valence-electron chi connectivity index (χ4n) is 1.94. The second-order valence-electron chi connectivity index (χ2n) is 5.15. The Labute approximate surface area is 130 Å². The zero-order valence-electron chi connectivity index (χ0n) is 13.0. The molecule has 1 aromatic rings. The lowest BCUT2D eigenvalue weighted by Gasteiger charge is -2.06. The number of amidine groups is 1. The highest BCUT2D eigenvalue weighted by Crippen LogP contribution is 2.19. The van der Waals surface area contributed by atoms with Crippen LogP contribution < -0.4 is 5.32 Å². The van der Waals surface area contributed by atoms with Crippen molar-refractivity contribution in [1.29, 1.82) is 0 Å². The van der Waals surface area contributed by atoms with Crippen LogP contribution >= 0.6 is 11.3 Å². The standard InChI is InChI=1S/C14H24N4O2S/c1-15-14(11-18(19)20)16-9-5-4-6-12-7-8-13(21-12)10-17(2)3/h7-8H,4-6,9-11H2,1-3H3,(H,15,16). The van der Waals surface area contributed by atoms with Crippen LogP contribution in [0.2, 0.25) is 0 Å². The van der Waals surface area contributed by atoms with Gasteiger partial charge in [0.1, 0.15) is 0 Å². The Hall–Kier alpha value is -1.47. The van der Waals surface area contributed by atoms with E-state index in [1.54, 1.807) is 7.05 Å². The number of unbranched alkanes of at least 4 members (excludes halogenated alkanes) is 1. The molecular formula is C14H24N4O2S. The molecule has 0 aliphatic heterocycles. The Morgan fingerprint density at radius 3 is 2.71 bits per heavy atom. The van der Waals surface area contributed by atoms with E-state index in [1.807, 2.05) is 11.3 Å². The molecule has 0 bridgehead atoms. The summed E-state index contributed by atoms with van der Waals surface area (Å²) >= 11 is 1.86. The fraction of sp³-hybridized carbons (Fsp3) is 0.643. The summed E-state index contributed by atoms with van der Waals surface area (Å²) in [6.07, 6.45) is 3.12. The van der Waals surface area contributed by atoms with Gasteiger partial charge in [-0.3, -0.25) is 15.1 Å². The number of nitro groups is 1. The van der Waals surface area contributed by atoms with Gasteiger partial charge in [-0.25, -0.2) is 0 Å². The summed E-state index contributed by atoms with van der Waals surface area (Å²) in [6.45, 7) is 1.50. The summed E-state index contributed by atoms with van der Waals surface area (Å²) in [5.41, 5.74) is 0. The number of aryl methyl sites for hydroxylation is 1. The molecule has 118 valence electrons. The first-order chi connectivity index (χ1) is 10.0. The second kappa shape index (κ2) is 9.46. The van der Waals surface area contributed by atoms with Crippen LogP contribution in [0.4, 0.5) is 0 Å². The predicted octanol–water partition coefficient (Wildman–Crippen LogP) is 2.03. The van der Waals surface area contributed by atoms with Crippen LogP contribution in [0, 0.1) is 10.1 Å². The van der Waals surface area contributed by atoms with Crippen molar-refractivity contribution >= 4 is 17.2 Å². The smallest absolute Gasteiger partial charge is 0.259 e. The number of nitrogens with one attached hydrogen (secondary N) is 1. The van der Waals surface area contributed by atoms with E-state index < -0.39 is 0 Å². The van der Waals surface area contributed by atoms with E-state index >= 15 is 0 Å². The van der Waals surface area contributed by atoms with Crippen LogP contribution in [-0.2, 0) is 13.0 Å². The van der Waals surface area contributed by atoms with Gasteiger partial charge >= 0.3 is 0 Å². The van der Waals surface area contributed by atoms with Crippen LogP contribution in [0.5, 0.6) is 0 Å². The molecule has 0 aromatic carbocycles. The van der Waals surface area contributed by atoms with Crippen molar-refractivity contribution in [2.24, 2.45) is 4.99 Å².